The lowest BCUT2D eigenvalue weighted by Gasteiger charge is -2.15. The summed E-state index contributed by atoms with van der Waals surface area (Å²) in [5.41, 5.74) is 2.68. The van der Waals surface area contributed by atoms with Crippen molar-refractivity contribution in [3.8, 4) is 0 Å². The van der Waals surface area contributed by atoms with Gasteiger partial charge in [-0.05, 0) is 49.6 Å². The number of imidazole rings is 1. The van der Waals surface area contributed by atoms with E-state index in [0.29, 0.717) is 16.9 Å². The van der Waals surface area contributed by atoms with Crippen LogP contribution in [-0.2, 0) is 0 Å². The number of aromatic nitrogens is 2. The Balaban J connectivity index is 1.60. The average Bonchev–Trinajstić information content (AvgIpc) is 2.91. The molecular formula is C23H26N4O2. The number of benzene rings is 1. The Bertz CT molecular complexity index is 1030. The van der Waals surface area contributed by atoms with Crippen LogP contribution in [0.3, 0.4) is 0 Å². The fourth-order valence-corrected chi connectivity index (χ4v) is 3.95. The number of pyridine rings is 1. The first-order chi connectivity index (χ1) is 14.1. The Morgan fingerprint density at radius 1 is 1.00 bits per heavy atom. The van der Waals surface area contributed by atoms with Crippen LogP contribution in [0.4, 0.5) is 5.69 Å². The summed E-state index contributed by atoms with van der Waals surface area (Å²) in [5.74, 6) is -0.353. The summed E-state index contributed by atoms with van der Waals surface area (Å²) in [5, 5.41) is 6.01. The lowest BCUT2D eigenvalue weighted by Crippen LogP contribution is -2.34. The summed E-state index contributed by atoms with van der Waals surface area (Å²) in [6, 6.07) is 13.3. The molecule has 1 aliphatic carbocycles. The first-order valence-electron chi connectivity index (χ1n) is 10.3. The number of rotatable bonds is 4. The van der Waals surface area contributed by atoms with Gasteiger partial charge in [0.25, 0.3) is 11.8 Å². The number of hydrogen-bond donors (Lipinski definition) is 2. The molecular weight excluding hydrogens is 364 g/mol. The highest BCUT2D eigenvalue weighted by molar-refractivity contribution is 6.06. The summed E-state index contributed by atoms with van der Waals surface area (Å²) in [7, 11) is 0. The Morgan fingerprint density at radius 2 is 1.79 bits per heavy atom. The molecule has 1 aromatic carbocycles. The van der Waals surface area contributed by atoms with Gasteiger partial charge in [0.15, 0.2) is 5.69 Å². The van der Waals surface area contributed by atoms with Crippen molar-refractivity contribution in [3.05, 3.63) is 65.7 Å². The second-order valence-electron chi connectivity index (χ2n) is 7.73. The molecule has 4 rings (SSSR count). The molecule has 3 aromatic rings. The second-order valence-corrected chi connectivity index (χ2v) is 7.73. The first kappa shape index (κ1) is 19.2. The van der Waals surface area contributed by atoms with Crippen molar-refractivity contribution in [1.82, 2.24) is 14.7 Å². The van der Waals surface area contributed by atoms with Gasteiger partial charge in [0.2, 0.25) is 5.82 Å². The third-order valence-electron chi connectivity index (χ3n) is 5.43. The summed E-state index contributed by atoms with van der Waals surface area (Å²) in [6.45, 7) is 1.97. The molecule has 2 aromatic heterocycles. The van der Waals surface area contributed by atoms with Gasteiger partial charge in [-0.1, -0.05) is 43.9 Å². The predicted molar refractivity (Wildman–Crippen MR) is 113 cm³/mol. The highest BCUT2D eigenvalue weighted by Gasteiger charge is 2.23. The highest BCUT2D eigenvalue weighted by atomic mass is 16.2. The summed E-state index contributed by atoms with van der Waals surface area (Å²) < 4.78 is 1.67. The number of anilines is 1. The Morgan fingerprint density at radius 3 is 2.55 bits per heavy atom. The van der Waals surface area contributed by atoms with E-state index in [1.54, 1.807) is 10.6 Å². The van der Waals surface area contributed by atoms with Gasteiger partial charge in [-0.15, -0.1) is 0 Å². The molecule has 29 heavy (non-hydrogen) atoms. The predicted octanol–water partition coefficient (Wildman–Crippen LogP) is 4.35. The molecule has 2 N–H and O–H groups in total. The van der Waals surface area contributed by atoms with Crippen LogP contribution in [-0.4, -0.2) is 27.2 Å². The smallest absolute Gasteiger partial charge is 0.292 e. The molecule has 1 saturated carbocycles. The molecule has 0 spiro atoms. The Kier molecular flexibility index (Phi) is 5.60. The van der Waals surface area contributed by atoms with E-state index >= 15 is 0 Å². The average molecular weight is 390 g/mol. The van der Waals surface area contributed by atoms with E-state index in [-0.39, 0.29) is 23.7 Å². The van der Waals surface area contributed by atoms with E-state index in [9.17, 15) is 9.59 Å². The fourth-order valence-electron chi connectivity index (χ4n) is 3.95. The molecule has 6 nitrogen and oxygen atoms in total. The van der Waals surface area contributed by atoms with Gasteiger partial charge in [-0.2, -0.15) is 0 Å². The first-order valence-corrected chi connectivity index (χ1v) is 10.3. The van der Waals surface area contributed by atoms with E-state index in [1.807, 2.05) is 49.4 Å². The molecule has 0 saturated heterocycles. The number of amides is 2. The third-order valence-corrected chi connectivity index (χ3v) is 5.43. The lowest BCUT2D eigenvalue weighted by molar-refractivity contribution is 0.0930. The number of carbonyl (C=O) groups excluding carboxylic acids is 2. The SMILES string of the molecule is Cc1cccc(NC(=O)c2nc(C(=O)NC3CCCCCC3)c3ccccn23)c1. The molecule has 0 atom stereocenters. The monoisotopic (exact) mass is 390 g/mol. The normalized spacial score (nSPS) is 15.1. The largest absolute Gasteiger partial charge is 0.348 e. The molecule has 1 fully saturated rings. The van der Waals surface area contributed by atoms with Crippen molar-refractivity contribution >= 4 is 23.0 Å². The van der Waals surface area contributed by atoms with Gasteiger partial charge in [-0.3, -0.25) is 14.0 Å². The maximum absolute atomic E-state index is 13.0. The number of hydrogen-bond acceptors (Lipinski definition) is 3. The minimum Gasteiger partial charge on any atom is -0.348 e. The van der Waals surface area contributed by atoms with E-state index in [2.05, 4.69) is 15.6 Å². The number of aryl methyl sites for hydroxylation is 1. The van der Waals surface area contributed by atoms with E-state index in [0.717, 1.165) is 31.2 Å². The molecule has 1 aliphatic rings. The zero-order valence-electron chi connectivity index (χ0n) is 16.6. The van der Waals surface area contributed by atoms with Crippen molar-refractivity contribution in [1.29, 1.82) is 0 Å². The summed E-state index contributed by atoms with van der Waals surface area (Å²) in [4.78, 5) is 30.3. The number of nitrogens with zero attached hydrogens (tertiary/aromatic N) is 2. The van der Waals surface area contributed by atoms with Gasteiger partial charge < -0.3 is 10.6 Å². The summed E-state index contributed by atoms with van der Waals surface area (Å²) >= 11 is 0. The molecule has 2 heterocycles. The second kappa shape index (κ2) is 8.47. The van der Waals surface area contributed by atoms with Crippen LogP contribution in [0.15, 0.2) is 48.7 Å². The zero-order chi connectivity index (χ0) is 20.2. The topological polar surface area (TPSA) is 75.5 Å². The van der Waals surface area contributed by atoms with Gasteiger partial charge >= 0.3 is 0 Å². The van der Waals surface area contributed by atoms with Gasteiger partial charge in [0, 0.05) is 17.9 Å². The quantitative estimate of drug-likeness (QED) is 0.651. The maximum Gasteiger partial charge on any atom is 0.292 e. The standard InChI is InChI=1S/C23H26N4O2/c1-16-9-8-12-18(15-16)25-23(29)21-26-20(19-13-6-7-14-27(19)21)22(28)24-17-10-4-2-3-5-11-17/h6-9,12-15,17H,2-5,10-11H2,1H3,(H,24,28)(H,25,29). The van der Waals surface area contributed by atoms with Gasteiger partial charge in [0.1, 0.15) is 0 Å². The van der Waals surface area contributed by atoms with E-state index in [4.69, 9.17) is 0 Å². The van der Waals surface area contributed by atoms with Crippen LogP contribution in [0.1, 0.15) is 65.2 Å². The van der Waals surface area contributed by atoms with Crippen LogP contribution in [0, 0.1) is 6.92 Å². The van der Waals surface area contributed by atoms with Crippen LogP contribution < -0.4 is 10.6 Å². The van der Waals surface area contributed by atoms with Crippen molar-refractivity contribution in [3.63, 3.8) is 0 Å². The highest BCUT2D eigenvalue weighted by Crippen LogP contribution is 2.20. The maximum atomic E-state index is 13.0. The minimum absolute atomic E-state index is 0.176. The molecule has 150 valence electrons. The number of carbonyl (C=O) groups is 2. The molecule has 0 radical (unpaired) electrons. The number of fused-ring (bicyclic) bond motifs is 1. The van der Waals surface area contributed by atoms with E-state index in [1.165, 1.54) is 12.8 Å². The third kappa shape index (κ3) is 4.31. The summed E-state index contributed by atoms with van der Waals surface area (Å²) in [6.07, 6.45) is 8.48. The van der Waals surface area contributed by atoms with Crippen molar-refractivity contribution in [2.45, 2.75) is 51.5 Å². The van der Waals surface area contributed by atoms with Crippen LogP contribution >= 0.6 is 0 Å². The van der Waals surface area contributed by atoms with Crippen molar-refractivity contribution < 1.29 is 9.59 Å². The molecule has 6 heteroatoms. The van der Waals surface area contributed by atoms with Gasteiger partial charge in [-0.25, -0.2) is 4.98 Å². The Labute approximate surface area is 170 Å². The molecule has 0 bridgehead atoms. The fraction of sp³-hybridized carbons (Fsp3) is 0.348. The van der Waals surface area contributed by atoms with Crippen LogP contribution in [0.5, 0.6) is 0 Å². The van der Waals surface area contributed by atoms with Crippen molar-refractivity contribution in [2.24, 2.45) is 0 Å². The Hall–Kier alpha value is -3.15. The lowest BCUT2D eigenvalue weighted by atomic mass is 10.1. The van der Waals surface area contributed by atoms with Crippen molar-refractivity contribution in [2.75, 3.05) is 5.32 Å². The van der Waals surface area contributed by atoms with E-state index < -0.39 is 0 Å². The molecule has 2 amide bonds. The molecule has 0 aliphatic heterocycles. The minimum atomic E-state index is -0.342. The van der Waals surface area contributed by atoms with Crippen LogP contribution in [0.2, 0.25) is 0 Å². The van der Waals surface area contributed by atoms with Crippen LogP contribution in [0.25, 0.3) is 5.52 Å². The number of nitrogens with one attached hydrogen (secondary N) is 2. The zero-order valence-corrected chi connectivity index (χ0v) is 16.6. The molecule has 0 unspecified atom stereocenters. The van der Waals surface area contributed by atoms with Gasteiger partial charge in [0.05, 0.1) is 5.52 Å².